The van der Waals surface area contributed by atoms with E-state index >= 15 is 0 Å². The van der Waals surface area contributed by atoms with Crippen LogP contribution in [0.2, 0.25) is 0 Å². The Morgan fingerprint density at radius 3 is 2.93 bits per heavy atom. The highest BCUT2D eigenvalue weighted by Gasteiger charge is 2.24. The summed E-state index contributed by atoms with van der Waals surface area (Å²) in [4.78, 5) is 26.3. The smallest absolute Gasteiger partial charge is 0.239 e. The minimum absolute atomic E-state index is 0.0470. The van der Waals surface area contributed by atoms with Crippen LogP contribution in [0.3, 0.4) is 0 Å². The van der Waals surface area contributed by atoms with E-state index in [9.17, 15) is 4.79 Å². The third kappa shape index (κ3) is 4.07. The maximum atomic E-state index is 11.8. The molecule has 0 saturated carbocycles. The van der Waals surface area contributed by atoms with E-state index in [0.717, 1.165) is 61.0 Å². The van der Waals surface area contributed by atoms with Gasteiger partial charge in [0, 0.05) is 25.0 Å². The van der Waals surface area contributed by atoms with Gasteiger partial charge < -0.3 is 15.4 Å². The van der Waals surface area contributed by atoms with Gasteiger partial charge in [0.25, 0.3) is 0 Å². The van der Waals surface area contributed by atoms with Crippen molar-refractivity contribution in [1.82, 2.24) is 20.2 Å². The quantitative estimate of drug-likeness (QED) is 0.812. The molecule has 1 aliphatic heterocycles. The van der Waals surface area contributed by atoms with Crippen molar-refractivity contribution in [3.05, 3.63) is 16.3 Å². The zero-order valence-electron chi connectivity index (χ0n) is 16.0. The number of amides is 1. The van der Waals surface area contributed by atoms with Crippen LogP contribution in [0.1, 0.15) is 29.6 Å². The molecule has 2 N–H and O–H groups in total. The molecule has 3 heterocycles. The van der Waals surface area contributed by atoms with Gasteiger partial charge in [-0.1, -0.05) is 6.92 Å². The van der Waals surface area contributed by atoms with Crippen molar-refractivity contribution in [1.29, 1.82) is 0 Å². The van der Waals surface area contributed by atoms with E-state index in [2.05, 4.69) is 22.5 Å². The SMILES string of the molecule is CNC(=O)CNc1nc(CN2CCOCC2)nc2sc3c(c12)CC[C@@H](C)C3. The molecule has 0 unspecified atom stereocenters. The second-order valence-corrected chi connectivity index (χ2v) is 8.52. The van der Waals surface area contributed by atoms with Gasteiger partial charge in [-0.3, -0.25) is 9.69 Å². The number of rotatable bonds is 5. The first-order valence-corrected chi connectivity index (χ1v) is 10.5. The molecule has 0 bridgehead atoms. The topological polar surface area (TPSA) is 79.4 Å². The zero-order valence-corrected chi connectivity index (χ0v) is 16.8. The molecule has 1 fully saturated rings. The molecule has 1 amide bonds. The Bertz CT molecular complexity index is 831. The van der Waals surface area contributed by atoms with Crippen molar-refractivity contribution in [3.8, 4) is 0 Å². The molecule has 1 saturated heterocycles. The molecule has 2 aliphatic rings. The van der Waals surface area contributed by atoms with E-state index in [1.54, 1.807) is 18.4 Å². The number of aromatic nitrogens is 2. The van der Waals surface area contributed by atoms with Gasteiger partial charge in [-0.05, 0) is 30.7 Å². The number of likely N-dealkylation sites (N-methyl/N-ethyl adjacent to an activating group) is 1. The van der Waals surface area contributed by atoms with E-state index in [0.29, 0.717) is 12.5 Å². The van der Waals surface area contributed by atoms with E-state index < -0.39 is 0 Å². The van der Waals surface area contributed by atoms with Crippen LogP contribution in [0, 0.1) is 5.92 Å². The Hall–Kier alpha value is -1.77. The molecule has 2 aromatic rings. The second-order valence-electron chi connectivity index (χ2n) is 7.44. The lowest BCUT2D eigenvalue weighted by molar-refractivity contribution is -0.118. The first-order valence-electron chi connectivity index (χ1n) is 9.69. The summed E-state index contributed by atoms with van der Waals surface area (Å²) in [5, 5.41) is 7.05. The van der Waals surface area contributed by atoms with Crippen LogP contribution in [0.25, 0.3) is 10.2 Å². The van der Waals surface area contributed by atoms with Crippen LogP contribution in [0.5, 0.6) is 0 Å². The highest BCUT2D eigenvalue weighted by atomic mass is 32.1. The average molecular weight is 390 g/mol. The third-order valence-corrected chi connectivity index (χ3v) is 6.51. The molecule has 1 atom stereocenters. The van der Waals surface area contributed by atoms with Gasteiger partial charge in [-0.2, -0.15) is 0 Å². The number of carbonyl (C=O) groups excluding carboxylic acids is 1. The summed E-state index contributed by atoms with van der Waals surface area (Å²) in [6.07, 6.45) is 3.38. The van der Waals surface area contributed by atoms with Gasteiger partial charge in [0.1, 0.15) is 16.5 Å². The third-order valence-electron chi connectivity index (χ3n) is 5.37. The molecule has 146 valence electrons. The maximum Gasteiger partial charge on any atom is 0.239 e. The Kier molecular flexibility index (Phi) is 5.56. The maximum absolute atomic E-state index is 11.8. The summed E-state index contributed by atoms with van der Waals surface area (Å²) in [5.74, 6) is 2.29. The lowest BCUT2D eigenvalue weighted by Crippen LogP contribution is -2.36. The van der Waals surface area contributed by atoms with Crippen LogP contribution in [0.4, 0.5) is 5.82 Å². The van der Waals surface area contributed by atoms with E-state index in [4.69, 9.17) is 14.7 Å². The Morgan fingerprint density at radius 1 is 1.33 bits per heavy atom. The Balaban J connectivity index is 1.69. The number of ether oxygens (including phenoxy) is 1. The van der Waals surface area contributed by atoms with Gasteiger partial charge in [0.05, 0.1) is 31.7 Å². The number of thiophene rings is 1. The number of carbonyl (C=O) groups is 1. The zero-order chi connectivity index (χ0) is 18.8. The monoisotopic (exact) mass is 389 g/mol. The highest BCUT2D eigenvalue weighted by Crippen LogP contribution is 2.40. The second kappa shape index (κ2) is 8.08. The number of nitrogens with one attached hydrogen (secondary N) is 2. The lowest BCUT2D eigenvalue weighted by Gasteiger charge is -2.25. The normalized spacial score (nSPS) is 20.4. The minimum Gasteiger partial charge on any atom is -0.379 e. The molecule has 8 heteroatoms. The predicted octanol–water partition coefficient (Wildman–Crippen LogP) is 1.81. The molecule has 27 heavy (non-hydrogen) atoms. The number of fused-ring (bicyclic) bond motifs is 3. The summed E-state index contributed by atoms with van der Waals surface area (Å²) < 4.78 is 5.44. The van der Waals surface area contributed by atoms with Crippen molar-refractivity contribution in [2.24, 2.45) is 5.92 Å². The van der Waals surface area contributed by atoms with Crippen molar-refractivity contribution < 1.29 is 9.53 Å². The molecular weight excluding hydrogens is 362 g/mol. The molecule has 0 aromatic carbocycles. The summed E-state index contributed by atoms with van der Waals surface area (Å²) in [6.45, 7) is 6.58. The number of hydrogen-bond donors (Lipinski definition) is 2. The van der Waals surface area contributed by atoms with Gasteiger partial charge in [0.15, 0.2) is 0 Å². The first-order chi connectivity index (χ1) is 13.1. The van der Waals surface area contributed by atoms with E-state index in [-0.39, 0.29) is 12.5 Å². The number of morpholine rings is 1. The first kappa shape index (κ1) is 18.6. The number of anilines is 1. The van der Waals surface area contributed by atoms with Crippen molar-refractivity contribution in [2.75, 3.05) is 45.2 Å². The molecular formula is C19H27N5O2S. The molecule has 1 aliphatic carbocycles. The van der Waals surface area contributed by atoms with E-state index in [1.165, 1.54) is 16.9 Å². The van der Waals surface area contributed by atoms with Crippen molar-refractivity contribution in [2.45, 2.75) is 32.7 Å². The highest BCUT2D eigenvalue weighted by molar-refractivity contribution is 7.19. The Labute approximate surface area is 163 Å². The molecule has 4 rings (SSSR count). The van der Waals surface area contributed by atoms with Crippen LogP contribution < -0.4 is 10.6 Å². The summed E-state index contributed by atoms with van der Waals surface area (Å²) in [7, 11) is 1.65. The van der Waals surface area contributed by atoms with Gasteiger partial charge in [0.2, 0.25) is 5.91 Å². The van der Waals surface area contributed by atoms with E-state index in [1.807, 2.05) is 0 Å². The number of nitrogens with zero attached hydrogens (tertiary/aromatic N) is 3. The number of aryl methyl sites for hydroxylation is 1. The Morgan fingerprint density at radius 2 is 2.15 bits per heavy atom. The van der Waals surface area contributed by atoms with Crippen LogP contribution in [0.15, 0.2) is 0 Å². The van der Waals surface area contributed by atoms with Crippen LogP contribution >= 0.6 is 11.3 Å². The standard InChI is InChI=1S/C19H27N5O2S/c1-12-3-4-13-14(9-12)27-19-17(13)18(21-10-16(25)20-2)22-15(23-19)11-24-5-7-26-8-6-24/h12H,3-11H2,1-2H3,(H,20,25)(H,21,22,23)/t12-/m1/s1. The molecule has 0 radical (unpaired) electrons. The molecule has 7 nitrogen and oxygen atoms in total. The summed E-state index contributed by atoms with van der Waals surface area (Å²) in [6, 6.07) is 0. The predicted molar refractivity (Wildman–Crippen MR) is 107 cm³/mol. The minimum atomic E-state index is -0.0470. The van der Waals surface area contributed by atoms with Gasteiger partial charge in [-0.25, -0.2) is 9.97 Å². The fourth-order valence-corrected chi connectivity index (χ4v) is 5.20. The van der Waals surface area contributed by atoms with Crippen molar-refractivity contribution >= 4 is 33.3 Å². The van der Waals surface area contributed by atoms with Gasteiger partial charge in [-0.15, -0.1) is 11.3 Å². The number of hydrogen-bond acceptors (Lipinski definition) is 7. The summed E-state index contributed by atoms with van der Waals surface area (Å²) in [5.41, 5.74) is 1.38. The van der Waals surface area contributed by atoms with Crippen LogP contribution in [-0.2, 0) is 28.9 Å². The lowest BCUT2D eigenvalue weighted by atomic mass is 9.89. The van der Waals surface area contributed by atoms with Gasteiger partial charge >= 0.3 is 0 Å². The van der Waals surface area contributed by atoms with Crippen LogP contribution in [-0.4, -0.2) is 60.7 Å². The fraction of sp³-hybridized carbons (Fsp3) is 0.632. The van der Waals surface area contributed by atoms with Crippen molar-refractivity contribution in [3.63, 3.8) is 0 Å². The molecule has 2 aromatic heterocycles. The average Bonchev–Trinajstić information content (AvgIpc) is 3.03. The largest absolute Gasteiger partial charge is 0.379 e. The fourth-order valence-electron chi connectivity index (χ4n) is 3.80. The molecule has 0 spiro atoms. The summed E-state index contributed by atoms with van der Waals surface area (Å²) >= 11 is 1.80.